The number of anilines is 1. The third-order valence-corrected chi connectivity index (χ3v) is 7.87. The summed E-state index contributed by atoms with van der Waals surface area (Å²) in [5, 5.41) is 16.5. The summed E-state index contributed by atoms with van der Waals surface area (Å²) in [4.78, 5) is 25.4. The normalized spacial score (nSPS) is 15.1. The minimum absolute atomic E-state index is 0.127. The van der Waals surface area contributed by atoms with Crippen LogP contribution in [-0.2, 0) is 25.3 Å². The molecule has 0 fully saturated rings. The average Bonchev–Trinajstić information content (AvgIpc) is 3.29. The summed E-state index contributed by atoms with van der Waals surface area (Å²) in [7, 11) is -3.82. The molecule has 0 saturated carbocycles. The van der Waals surface area contributed by atoms with Gasteiger partial charge in [0.15, 0.2) is 17.8 Å². The van der Waals surface area contributed by atoms with Crippen LogP contribution in [0.1, 0.15) is 38.1 Å². The zero-order valence-corrected chi connectivity index (χ0v) is 24.0. The van der Waals surface area contributed by atoms with E-state index >= 15 is 0 Å². The van der Waals surface area contributed by atoms with Gasteiger partial charge in [0.05, 0.1) is 37.7 Å². The number of nitrogen functional groups attached to an aromatic ring is 1. The monoisotopic (exact) mass is 583 g/mol. The smallest absolute Gasteiger partial charge is 0.262 e. The Morgan fingerprint density at radius 3 is 2.62 bits per heavy atom. The van der Waals surface area contributed by atoms with Gasteiger partial charge in [0.1, 0.15) is 18.2 Å². The first kappa shape index (κ1) is 30.9. The summed E-state index contributed by atoms with van der Waals surface area (Å²) in [5.41, 5.74) is 5.87. The highest BCUT2D eigenvalue weighted by molar-refractivity contribution is 7.60. The molecule has 0 aliphatic carbocycles. The van der Waals surface area contributed by atoms with E-state index in [-0.39, 0.29) is 30.9 Å². The fourth-order valence-electron chi connectivity index (χ4n) is 3.61. The topological polar surface area (TPSA) is 176 Å². The first-order valence-corrected chi connectivity index (χ1v) is 14.6. The number of benzene rings is 1. The van der Waals surface area contributed by atoms with Crippen LogP contribution in [0.15, 0.2) is 36.9 Å². The van der Waals surface area contributed by atoms with Gasteiger partial charge in [-0.2, -0.15) is 0 Å². The molecule has 2 heterocycles. The van der Waals surface area contributed by atoms with Gasteiger partial charge in [-0.05, 0) is 52.0 Å². The minimum Gasteiger partial charge on any atom is -0.382 e. The Kier molecular flexibility index (Phi) is 10.8. The van der Waals surface area contributed by atoms with Crippen LogP contribution in [-0.4, -0.2) is 74.6 Å². The second kappa shape index (κ2) is 13.6. The van der Waals surface area contributed by atoms with Gasteiger partial charge in [0.2, 0.25) is 0 Å². The van der Waals surface area contributed by atoms with Crippen molar-refractivity contribution in [3.05, 3.63) is 47.5 Å². The van der Waals surface area contributed by atoms with Crippen molar-refractivity contribution in [1.82, 2.24) is 29.7 Å². The molecule has 1 amide bonds. The Hall–Kier alpha value is -2.64. The van der Waals surface area contributed by atoms with Crippen molar-refractivity contribution in [2.75, 3.05) is 31.9 Å². The number of aromatic nitrogens is 4. The number of nitrogens with two attached hydrogens (primary N) is 1. The zero-order chi connectivity index (χ0) is 28.6. The summed E-state index contributed by atoms with van der Waals surface area (Å²) in [6.07, 6.45) is 0.687. The summed E-state index contributed by atoms with van der Waals surface area (Å²) < 4.78 is 32.4. The predicted octanol–water partition coefficient (Wildman–Crippen LogP) is 2.79. The first-order valence-electron chi connectivity index (χ1n) is 12.3. The summed E-state index contributed by atoms with van der Waals surface area (Å²) in [5.74, 6) is -0.343. The van der Waals surface area contributed by atoms with Gasteiger partial charge in [-0.3, -0.25) is 14.4 Å². The zero-order valence-electron chi connectivity index (χ0n) is 22.3. The van der Waals surface area contributed by atoms with Gasteiger partial charge >= 0.3 is 0 Å². The lowest BCUT2D eigenvalue weighted by Gasteiger charge is -2.35. The molecule has 3 aromatic rings. The van der Waals surface area contributed by atoms with Crippen molar-refractivity contribution in [1.29, 1.82) is 0 Å². The third-order valence-electron chi connectivity index (χ3n) is 5.61. The van der Waals surface area contributed by atoms with E-state index in [9.17, 15) is 14.5 Å². The number of nitrogens with zero attached hydrogens (tertiary/aromatic N) is 4. The number of amides is 1. The molecule has 0 aliphatic heterocycles. The predicted molar refractivity (Wildman–Crippen MR) is 147 cm³/mol. The summed E-state index contributed by atoms with van der Waals surface area (Å²) in [6, 6.07) is 6.14. The number of halogens is 1. The molecule has 3 atom stereocenters. The van der Waals surface area contributed by atoms with E-state index in [0.29, 0.717) is 29.3 Å². The van der Waals surface area contributed by atoms with E-state index < -0.39 is 31.3 Å². The van der Waals surface area contributed by atoms with E-state index in [2.05, 4.69) is 25.1 Å². The van der Waals surface area contributed by atoms with E-state index in [4.69, 9.17) is 31.5 Å². The highest BCUT2D eigenvalue weighted by atomic mass is 35.5. The van der Waals surface area contributed by atoms with E-state index in [1.807, 2.05) is 6.92 Å². The second-order valence-electron chi connectivity index (χ2n) is 9.38. The van der Waals surface area contributed by atoms with Crippen molar-refractivity contribution in [3.63, 3.8) is 0 Å². The molecule has 39 heavy (non-hydrogen) atoms. The number of rotatable bonds is 15. The number of carbonyl (C=O) groups excluding carboxylic acids is 1. The molecule has 1 unspecified atom stereocenters. The maximum Gasteiger partial charge on any atom is 0.262 e. The molecule has 0 aliphatic rings. The largest absolute Gasteiger partial charge is 0.382 e. The molecule has 214 valence electrons. The van der Waals surface area contributed by atoms with Crippen molar-refractivity contribution in [3.8, 4) is 0 Å². The standard InChI is InChI=1S/C24H35ClN7O6P/c1-5-36-10-11-37-23(34)24(3,4)31-39(35,30-22(33)17-6-8-18(25)9-7-17)15-38-16(2)12-32-14-29-19-20(26)27-13-28-21(19)32/h6-9,13-14,16,23,34H,5,10-12,15H2,1-4H3,(H2,26,27,28)(H2,30,31,33,35)/t16-,23?,39+/m1/s1. The highest BCUT2D eigenvalue weighted by Crippen LogP contribution is 2.40. The van der Waals surface area contributed by atoms with E-state index in [0.717, 1.165) is 0 Å². The van der Waals surface area contributed by atoms with Crippen molar-refractivity contribution < 1.29 is 28.7 Å². The van der Waals surface area contributed by atoms with Crippen molar-refractivity contribution in [2.24, 2.45) is 0 Å². The Morgan fingerprint density at radius 1 is 1.21 bits per heavy atom. The van der Waals surface area contributed by atoms with Gasteiger partial charge in [-0.1, -0.05) is 11.6 Å². The summed E-state index contributed by atoms with van der Waals surface area (Å²) >= 11 is 5.93. The van der Waals surface area contributed by atoms with Crippen LogP contribution in [0.2, 0.25) is 5.02 Å². The number of hydrogen-bond acceptors (Lipinski definition) is 10. The van der Waals surface area contributed by atoms with E-state index in [1.165, 1.54) is 18.5 Å². The Balaban J connectivity index is 1.73. The molecule has 5 N–H and O–H groups in total. The number of fused-ring (bicyclic) bond motifs is 1. The minimum atomic E-state index is -3.82. The van der Waals surface area contributed by atoms with Crippen LogP contribution in [0.25, 0.3) is 11.2 Å². The van der Waals surface area contributed by atoms with Crippen LogP contribution < -0.4 is 15.9 Å². The Bertz CT molecular complexity index is 1290. The number of aliphatic hydroxyl groups excluding tert-OH is 1. The number of hydrogen-bond donors (Lipinski definition) is 4. The molecule has 2 aromatic heterocycles. The van der Waals surface area contributed by atoms with E-state index in [1.54, 1.807) is 43.8 Å². The first-order chi connectivity index (χ1) is 18.4. The molecular formula is C24H35ClN7O6P. The van der Waals surface area contributed by atoms with Crippen LogP contribution in [0.3, 0.4) is 0 Å². The average molecular weight is 584 g/mol. The third kappa shape index (κ3) is 8.67. The van der Waals surface area contributed by atoms with Gasteiger partial charge in [0, 0.05) is 17.2 Å². The number of ether oxygens (including phenoxy) is 3. The van der Waals surface area contributed by atoms with Gasteiger partial charge < -0.3 is 29.6 Å². The van der Waals surface area contributed by atoms with Gasteiger partial charge in [0.25, 0.3) is 13.4 Å². The molecule has 3 rings (SSSR count). The lowest BCUT2D eigenvalue weighted by molar-refractivity contribution is -0.148. The molecule has 15 heteroatoms. The molecular weight excluding hydrogens is 549 g/mol. The van der Waals surface area contributed by atoms with Crippen molar-refractivity contribution >= 4 is 41.9 Å². The van der Waals surface area contributed by atoms with Crippen LogP contribution in [0.4, 0.5) is 5.82 Å². The number of imidazole rings is 1. The maximum atomic E-state index is 14.1. The van der Waals surface area contributed by atoms with Crippen LogP contribution in [0.5, 0.6) is 0 Å². The van der Waals surface area contributed by atoms with Crippen LogP contribution in [0, 0.1) is 0 Å². The molecule has 0 saturated heterocycles. The van der Waals surface area contributed by atoms with Gasteiger partial charge in [-0.15, -0.1) is 0 Å². The molecule has 1 aromatic carbocycles. The Labute approximate surface area is 231 Å². The lowest BCUT2D eigenvalue weighted by atomic mass is 10.1. The van der Waals surface area contributed by atoms with Crippen LogP contribution >= 0.6 is 19.0 Å². The number of carbonyl (C=O) groups is 1. The second-order valence-corrected chi connectivity index (χ2v) is 12.0. The Morgan fingerprint density at radius 2 is 1.92 bits per heavy atom. The van der Waals surface area contributed by atoms with Gasteiger partial charge in [-0.25, -0.2) is 20.0 Å². The lowest BCUT2D eigenvalue weighted by Crippen LogP contribution is -2.52. The molecule has 0 bridgehead atoms. The number of aliphatic hydroxyl groups is 1. The SMILES string of the molecule is CCOCCOC(O)C(C)(C)N[P@](=O)(CO[C@H](C)Cn1cnc2c(N)ncnc21)NC(=O)c1ccc(Cl)cc1. The fourth-order valence-corrected chi connectivity index (χ4v) is 5.88. The molecule has 0 spiro atoms. The highest BCUT2D eigenvalue weighted by Gasteiger charge is 2.38. The maximum absolute atomic E-state index is 14.1. The number of nitrogens with one attached hydrogen (secondary N) is 2. The van der Waals surface area contributed by atoms with Crippen molar-refractivity contribution in [2.45, 2.75) is 52.2 Å². The quantitative estimate of drug-likeness (QED) is 0.117. The summed E-state index contributed by atoms with van der Waals surface area (Å²) in [6.45, 7) is 8.06. The molecule has 0 radical (unpaired) electrons. The molecule has 13 nitrogen and oxygen atoms in total. The fraction of sp³-hybridized carbons (Fsp3) is 0.500.